The zero-order valence-corrected chi connectivity index (χ0v) is 18.1. The second-order valence-corrected chi connectivity index (χ2v) is 7.71. The first-order valence-electron chi connectivity index (χ1n) is 10.3. The summed E-state index contributed by atoms with van der Waals surface area (Å²) in [6, 6.07) is 16.3. The molecule has 34 heavy (non-hydrogen) atoms. The maximum atomic E-state index is 13.4. The number of ketones is 1. The van der Waals surface area contributed by atoms with Crippen LogP contribution in [0.15, 0.2) is 78.4 Å². The van der Waals surface area contributed by atoms with E-state index >= 15 is 0 Å². The van der Waals surface area contributed by atoms with Crippen LogP contribution in [0.4, 0.5) is 4.39 Å². The lowest BCUT2D eigenvalue weighted by Gasteiger charge is -2.25. The Morgan fingerprint density at radius 1 is 0.941 bits per heavy atom. The third kappa shape index (κ3) is 4.25. The first kappa shape index (κ1) is 22.7. The Labute approximate surface area is 194 Å². The summed E-state index contributed by atoms with van der Waals surface area (Å²) in [6.45, 7) is 0.0117. The molecule has 172 valence electrons. The summed E-state index contributed by atoms with van der Waals surface area (Å²) in [5.41, 5.74) is 1.51. The summed E-state index contributed by atoms with van der Waals surface area (Å²) < 4.78 is 18.1. The van der Waals surface area contributed by atoms with Crippen molar-refractivity contribution in [2.45, 2.75) is 12.6 Å². The van der Waals surface area contributed by atoms with Crippen molar-refractivity contribution in [2.75, 3.05) is 7.11 Å². The molecule has 3 aromatic carbocycles. The lowest BCUT2D eigenvalue weighted by molar-refractivity contribution is -0.140. The number of hydrogen-bond acceptors (Lipinski definition) is 6. The van der Waals surface area contributed by atoms with Gasteiger partial charge in [0.05, 0.1) is 24.3 Å². The Morgan fingerprint density at radius 2 is 1.53 bits per heavy atom. The third-order valence-corrected chi connectivity index (χ3v) is 5.59. The number of hydrogen-bond donors (Lipinski definition) is 2. The molecule has 4 rings (SSSR count). The number of carbonyl (C=O) groups is 3. The Balaban J connectivity index is 1.78. The zero-order chi connectivity index (χ0) is 24.4. The fraction of sp³-hybridized carbons (Fsp3) is 0.115. The van der Waals surface area contributed by atoms with Crippen molar-refractivity contribution < 1.29 is 33.7 Å². The van der Waals surface area contributed by atoms with Crippen molar-refractivity contribution in [3.8, 4) is 5.75 Å². The van der Waals surface area contributed by atoms with E-state index in [9.17, 15) is 29.0 Å². The van der Waals surface area contributed by atoms with E-state index in [0.29, 0.717) is 16.7 Å². The van der Waals surface area contributed by atoms with Crippen molar-refractivity contribution >= 4 is 23.4 Å². The SMILES string of the molecule is COC(=O)c1ccc(CN2C(=O)C(=O)/C(=C(/O)c3ccc(F)cc3)C2c2ccc(O)cc2)cc1. The molecule has 0 aromatic heterocycles. The third-order valence-electron chi connectivity index (χ3n) is 5.59. The Hall–Kier alpha value is -4.46. The van der Waals surface area contributed by atoms with Crippen molar-refractivity contribution in [2.24, 2.45) is 0 Å². The first-order chi connectivity index (χ1) is 16.3. The molecule has 0 spiro atoms. The maximum absolute atomic E-state index is 13.4. The molecule has 1 fully saturated rings. The van der Waals surface area contributed by atoms with Crippen LogP contribution in [-0.4, -0.2) is 39.9 Å². The number of aliphatic hydroxyl groups excluding tert-OH is 1. The van der Waals surface area contributed by atoms with Gasteiger partial charge in [0, 0.05) is 12.1 Å². The summed E-state index contributed by atoms with van der Waals surface area (Å²) in [5, 5.41) is 20.6. The number of aliphatic hydroxyl groups is 1. The number of esters is 1. The number of benzene rings is 3. The van der Waals surface area contributed by atoms with Gasteiger partial charge in [-0.25, -0.2) is 9.18 Å². The number of aromatic hydroxyl groups is 1. The van der Waals surface area contributed by atoms with Crippen LogP contribution in [-0.2, 0) is 20.9 Å². The number of Topliss-reactive ketones (excluding diaryl/α,β-unsaturated/α-hetero) is 1. The van der Waals surface area contributed by atoms with Gasteiger partial charge in [0.1, 0.15) is 17.3 Å². The fourth-order valence-electron chi connectivity index (χ4n) is 3.87. The molecule has 8 heteroatoms. The van der Waals surface area contributed by atoms with Gasteiger partial charge in [0.15, 0.2) is 0 Å². The minimum atomic E-state index is -0.953. The van der Waals surface area contributed by atoms with Gasteiger partial charge in [-0.3, -0.25) is 9.59 Å². The van der Waals surface area contributed by atoms with Crippen LogP contribution in [0.2, 0.25) is 0 Å². The van der Waals surface area contributed by atoms with Gasteiger partial charge < -0.3 is 19.8 Å². The highest BCUT2D eigenvalue weighted by atomic mass is 19.1. The maximum Gasteiger partial charge on any atom is 0.337 e. The number of likely N-dealkylation sites (tertiary alicyclic amines) is 1. The van der Waals surface area contributed by atoms with Crippen LogP contribution >= 0.6 is 0 Å². The average Bonchev–Trinajstić information content (AvgIpc) is 3.09. The second-order valence-electron chi connectivity index (χ2n) is 7.71. The fourth-order valence-corrected chi connectivity index (χ4v) is 3.87. The zero-order valence-electron chi connectivity index (χ0n) is 18.1. The quantitative estimate of drug-likeness (QED) is 0.258. The van der Waals surface area contributed by atoms with E-state index in [1.807, 2.05) is 0 Å². The molecule has 1 aliphatic rings. The monoisotopic (exact) mass is 461 g/mol. The largest absolute Gasteiger partial charge is 0.508 e. The van der Waals surface area contributed by atoms with Crippen LogP contribution < -0.4 is 0 Å². The molecular formula is C26H20FNO6. The highest BCUT2D eigenvalue weighted by Crippen LogP contribution is 2.40. The summed E-state index contributed by atoms with van der Waals surface area (Å²) in [5.74, 6) is -3.15. The molecule has 1 heterocycles. The molecule has 1 saturated heterocycles. The van der Waals surface area contributed by atoms with Gasteiger partial charge in [-0.2, -0.15) is 0 Å². The van der Waals surface area contributed by atoms with Crippen LogP contribution in [0.1, 0.15) is 33.1 Å². The molecular weight excluding hydrogens is 441 g/mol. The molecule has 1 atom stereocenters. The first-order valence-corrected chi connectivity index (χ1v) is 10.3. The van der Waals surface area contributed by atoms with Gasteiger partial charge in [-0.05, 0) is 59.7 Å². The Bertz CT molecular complexity index is 1280. The molecule has 0 radical (unpaired) electrons. The molecule has 1 amide bonds. The van der Waals surface area contributed by atoms with Gasteiger partial charge in [-0.1, -0.05) is 24.3 Å². The number of nitrogens with zero attached hydrogens (tertiary/aromatic N) is 1. The molecule has 0 aliphatic carbocycles. The normalized spacial score (nSPS) is 17.1. The van der Waals surface area contributed by atoms with Crippen molar-refractivity contribution in [1.82, 2.24) is 4.90 Å². The van der Waals surface area contributed by atoms with Crippen LogP contribution in [0.3, 0.4) is 0 Å². The topological polar surface area (TPSA) is 104 Å². The number of halogens is 1. The predicted octanol–water partition coefficient (Wildman–Crippen LogP) is 3.94. The summed E-state index contributed by atoms with van der Waals surface area (Å²) in [7, 11) is 1.27. The predicted molar refractivity (Wildman–Crippen MR) is 120 cm³/mol. The number of ether oxygens (including phenoxy) is 1. The highest BCUT2D eigenvalue weighted by molar-refractivity contribution is 6.46. The summed E-state index contributed by atoms with van der Waals surface area (Å²) >= 11 is 0. The van der Waals surface area contributed by atoms with E-state index in [1.165, 1.54) is 36.3 Å². The van der Waals surface area contributed by atoms with E-state index in [-0.39, 0.29) is 23.4 Å². The van der Waals surface area contributed by atoms with E-state index in [4.69, 9.17) is 0 Å². The molecule has 3 aromatic rings. The van der Waals surface area contributed by atoms with E-state index in [1.54, 1.807) is 36.4 Å². The Kier molecular flexibility index (Phi) is 6.14. The molecule has 0 bridgehead atoms. The van der Waals surface area contributed by atoms with Crippen molar-refractivity contribution in [3.05, 3.63) is 106 Å². The van der Waals surface area contributed by atoms with Crippen molar-refractivity contribution in [1.29, 1.82) is 0 Å². The van der Waals surface area contributed by atoms with Crippen molar-refractivity contribution in [3.63, 3.8) is 0 Å². The molecule has 0 saturated carbocycles. The average molecular weight is 461 g/mol. The lowest BCUT2D eigenvalue weighted by atomic mass is 9.95. The second kappa shape index (κ2) is 9.19. The van der Waals surface area contributed by atoms with Gasteiger partial charge in [-0.15, -0.1) is 0 Å². The number of methoxy groups -OCH3 is 1. The minimum absolute atomic E-state index is 0.00219. The minimum Gasteiger partial charge on any atom is -0.508 e. The van der Waals surface area contributed by atoms with Gasteiger partial charge in [0.2, 0.25) is 0 Å². The van der Waals surface area contributed by atoms with E-state index < -0.39 is 35.3 Å². The van der Waals surface area contributed by atoms with Crippen LogP contribution in [0, 0.1) is 5.82 Å². The molecule has 2 N–H and O–H groups in total. The molecule has 1 unspecified atom stereocenters. The molecule has 1 aliphatic heterocycles. The summed E-state index contributed by atoms with van der Waals surface area (Å²) in [4.78, 5) is 39.1. The summed E-state index contributed by atoms with van der Waals surface area (Å²) in [6.07, 6.45) is 0. The van der Waals surface area contributed by atoms with Crippen LogP contribution in [0.5, 0.6) is 5.75 Å². The van der Waals surface area contributed by atoms with Crippen LogP contribution in [0.25, 0.3) is 5.76 Å². The lowest BCUT2D eigenvalue weighted by Crippen LogP contribution is -2.29. The van der Waals surface area contributed by atoms with Gasteiger partial charge in [0.25, 0.3) is 11.7 Å². The number of carbonyl (C=O) groups excluding carboxylic acids is 3. The van der Waals surface area contributed by atoms with Gasteiger partial charge >= 0.3 is 5.97 Å². The highest BCUT2D eigenvalue weighted by Gasteiger charge is 2.46. The molecule has 7 nitrogen and oxygen atoms in total. The van der Waals surface area contributed by atoms with E-state index in [0.717, 1.165) is 12.1 Å². The standard InChI is InChI=1S/C26H20FNO6/c1-34-26(33)18-4-2-15(3-5-18)14-28-22(16-8-12-20(29)13-9-16)21(24(31)25(28)32)23(30)17-6-10-19(27)11-7-17/h2-13,22,29-30H,14H2,1H3/b23-21+. The number of phenols is 1. The number of rotatable bonds is 5. The Morgan fingerprint density at radius 3 is 2.12 bits per heavy atom. The number of amides is 1. The smallest absolute Gasteiger partial charge is 0.337 e. The number of phenolic OH excluding ortho intramolecular Hbond substituents is 1. The van der Waals surface area contributed by atoms with E-state index in [2.05, 4.69) is 4.74 Å².